The van der Waals surface area contributed by atoms with Gasteiger partial charge in [0.15, 0.2) is 0 Å². The Balaban J connectivity index is 1.95. The molecule has 6 nitrogen and oxygen atoms in total. The molecule has 2 aromatic rings. The van der Waals surface area contributed by atoms with E-state index in [4.69, 9.17) is 4.74 Å². The fraction of sp³-hybridized carbons (Fsp3) is 0.286. The summed E-state index contributed by atoms with van der Waals surface area (Å²) in [5.41, 5.74) is -1.36. The molecule has 1 N–H and O–H groups in total. The number of anilines is 2. The lowest BCUT2D eigenvalue weighted by Crippen LogP contribution is -2.42. The summed E-state index contributed by atoms with van der Waals surface area (Å²) in [6, 6.07) is 7.78. The van der Waals surface area contributed by atoms with Crippen LogP contribution in [0.15, 0.2) is 60.0 Å². The van der Waals surface area contributed by atoms with Crippen molar-refractivity contribution >= 4 is 27.3 Å². The van der Waals surface area contributed by atoms with Crippen LogP contribution in [0.1, 0.15) is 19.4 Å². The molecule has 1 aliphatic heterocycles. The summed E-state index contributed by atoms with van der Waals surface area (Å²) in [6.07, 6.45) is -3.11. The summed E-state index contributed by atoms with van der Waals surface area (Å²) in [6.45, 7) is 7.42. The molecule has 0 aliphatic carbocycles. The summed E-state index contributed by atoms with van der Waals surface area (Å²) in [5.74, 6) is 0.0912. The lowest BCUT2D eigenvalue weighted by atomic mass is 9.93. The molecular formula is C21H21F3N2O4S. The van der Waals surface area contributed by atoms with Gasteiger partial charge in [0.05, 0.1) is 27.2 Å². The van der Waals surface area contributed by atoms with Crippen LogP contribution in [0, 0.1) is 5.41 Å². The van der Waals surface area contributed by atoms with Gasteiger partial charge in [-0.3, -0.25) is 9.52 Å². The van der Waals surface area contributed by atoms with Crippen molar-refractivity contribution in [2.75, 3.05) is 22.8 Å². The van der Waals surface area contributed by atoms with Crippen LogP contribution in [0.25, 0.3) is 0 Å². The quantitative estimate of drug-likeness (QED) is 0.678. The average molecular weight is 454 g/mol. The molecular weight excluding hydrogens is 433 g/mol. The molecule has 2 aromatic carbocycles. The Morgan fingerprint density at radius 1 is 1.23 bits per heavy atom. The average Bonchev–Trinajstić information content (AvgIpc) is 2.78. The van der Waals surface area contributed by atoms with E-state index in [1.165, 1.54) is 23.1 Å². The molecule has 166 valence electrons. The highest BCUT2D eigenvalue weighted by molar-refractivity contribution is 7.92. The molecule has 10 heteroatoms. The smallest absolute Gasteiger partial charge is 0.416 e. The van der Waals surface area contributed by atoms with Gasteiger partial charge in [0.1, 0.15) is 12.4 Å². The maximum Gasteiger partial charge on any atom is 0.416 e. The van der Waals surface area contributed by atoms with E-state index >= 15 is 0 Å². The lowest BCUT2D eigenvalue weighted by molar-refractivity contribution is -0.137. The van der Waals surface area contributed by atoms with Crippen molar-refractivity contribution in [3.8, 4) is 5.75 Å². The molecule has 0 aromatic heterocycles. The number of fused-ring (bicyclic) bond motifs is 1. The predicted molar refractivity (Wildman–Crippen MR) is 111 cm³/mol. The lowest BCUT2D eigenvalue weighted by Gasteiger charge is -2.27. The Kier molecular flexibility index (Phi) is 5.79. The van der Waals surface area contributed by atoms with Crippen LogP contribution in [0.3, 0.4) is 0 Å². The first-order chi connectivity index (χ1) is 14.3. The molecule has 0 saturated carbocycles. The summed E-state index contributed by atoms with van der Waals surface area (Å²) in [5, 5.41) is 0. The van der Waals surface area contributed by atoms with Gasteiger partial charge < -0.3 is 9.64 Å². The molecule has 1 amide bonds. The number of carbonyl (C=O) groups is 1. The Hall–Kier alpha value is -3.01. The Morgan fingerprint density at radius 3 is 2.58 bits per heavy atom. The maximum absolute atomic E-state index is 12.9. The monoisotopic (exact) mass is 454 g/mol. The van der Waals surface area contributed by atoms with Crippen molar-refractivity contribution in [2.45, 2.75) is 24.9 Å². The number of halogens is 3. The molecule has 0 radical (unpaired) electrons. The van der Waals surface area contributed by atoms with E-state index in [1.807, 2.05) is 0 Å². The van der Waals surface area contributed by atoms with Gasteiger partial charge in [-0.15, -0.1) is 6.58 Å². The van der Waals surface area contributed by atoms with Crippen LogP contribution in [-0.4, -0.2) is 27.5 Å². The van der Waals surface area contributed by atoms with Crippen molar-refractivity contribution in [2.24, 2.45) is 5.41 Å². The Labute approximate surface area is 178 Å². The number of hydrogen-bond donors (Lipinski definition) is 1. The minimum absolute atomic E-state index is 0.0658. The zero-order chi connectivity index (χ0) is 23.0. The normalized spacial score (nSPS) is 16.2. The zero-order valence-corrected chi connectivity index (χ0v) is 17.7. The SMILES string of the molecule is C=CCN1C(=O)C(C)(C)COc2cc(NS(=O)(=O)c3cccc(C(F)(F)F)c3)ccc21. The Bertz CT molecular complexity index is 1130. The summed E-state index contributed by atoms with van der Waals surface area (Å²) in [4.78, 5) is 13.8. The highest BCUT2D eigenvalue weighted by Gasteiger charge is 2.37. The van der Waals surface area contributed by atoms with Gasteiger partial charge in [-0.2, -0.15) is 13.2 Å². The Morgan fingerprint density at radius 2 is 1.94 bits per heavy atom. The number of sulfonamides is 1. The number of nitrogens with zero attached hydrogens (tertiary/aromatic N) is 1. The van der Waals surface area contributed by atoms with Crippen LogP contribution in [-0.2, 0) is 21.0 Å². The second kappa shape index (κ2) is 7.92. The zero-order valence-electron chi connectivity index (χ0n) is 16.9. The third-order valence-corrected chi connectivity index (χ3v) is 6.08. The van der Waals surface area contributed by atoms with Crippen LogP contribution >= 0.6 is 0 Å². The van der Waals surface area contributed by atoms with Crippen LogP contribution < -0.4 is 14.4 Å². The highest BCUT2D eigenvalue weighted by atomic mass is 32.2. The van der Waals surface area contributed by atoms with Gasteiger partial charge in [-0.25, -0.2) is 8.42 Å². The standard InChI is InChI=1S/C21H21F3N2O4S/c1-4-10-26-17-9-8-15(12-18(17)30-13-20(2,3)19(26)27)25-31(28,29)16-7-5-6-14(11-16)21(22,23)24/h4-9,11-12,25H,1,10,13H2,2-3H3. The van der Waals surface area contributed by atoms with Gasteiger partial charge >= 0.3 is 6.18 Å². The molecule has 0 saturated heterocycles. The van der Waals surface area contributed by atoms with Crippen molar-refractivity contribution in [1.29, 1.82) is 0 Å². The highest BCUT2D eigenvalue weighted by Crippen LogP contribution is 2.38. The third-order valence-electron chi connectivity index (χ3n) is 4.70. The molecule has 1 aliphatic rings. The maximum atomic E-state index is 12.9. The number of carbonyl (C=O) groups excluding carboxylic acids is 1. The van der Waals surface area contributed by atoms with Gasteiger partial charge in [-0.05, 0) is 44.2 Å². The number of amides is 1. The molecule has 0 unspecified atom stereocenters. The largest absolute Gasteiger partial charge is 0.490 e. The van der Waals surface area contributed by atoms with E-state index < -0.39 is 32.1 Å². The molecule has 1 heterocycles. The molecule has 0 bridgehead atoms. The number of alkyl halides is 3. The topological polar surface area (TPSA) is 75.7 Å². The number of benzene rings is 2. The van der Waals surface area contributed by atoms with Gasteiger partial charge in [0.2, 0.25) is 5.91 Å². The fourth-order valence-corrected chi connectivity index (χ4v) is 4.17. The number of hydrogen-bond acceptors (Lipinski definition) is 4. The third kappa shape index (κ3) is 4.68. The van der Waals surface area contributed by atoms with E-state index in [0.717, 1.165) is 18.2 Å². The van der Waals surface area contributed by atoms with E-state index in [1.54, 1.807) is 19.9 Å². The summed E-state index contributed by atoms with van der Waals surface area (Å²) < 4.78 is 72.1. The molecule has 3 rings (SSSR count). The van der Waals surface area contributed by atoms with Gasteiger partial charge in [0.25, 0.3) is 10.0 Å². The first-order valence-corrected chi connectivity index (χ1v) is 10.7. The van der Waals surface area contributed by atoms with Crippen molar-refractivity contribution in [3.05, 3.63) is 60.7 Å². The van der Waals surface area contributed by atoms with Crippen LogP contribution in [0.4, 0.5) is 24.5 Å². The van der Waals surface area contributed by atoms with E-state index in [2.05, 4.69) is 11.3 Å². The minimum Gasteiger partial charge on any atom is -0.490 e. The number of rotatable bonds is 5. The number of ether oxygens (including phenoxy) is 1. The molecule has 0 atom stereocenters. The van der Waals surface area contributed by atoms with Gasteiger partial charge in [-0.1, -0.05) is 12.1 Å². The molecule has 31 heavy (non-hydrogen) atoms. The first kappa shape index (κ1) is 22.7. The predicted octanol–water partition coefficient (Wildman–Crippen LogP) is 4.44. The second-order valence-corrected chi connectivity index (χ2v) is 9.37. The second-order valence-electron chi connectivity index (χ2n) is 7.69. The van der Waals surface area contributed by atoms with Gasteiger partial charge in [0, 0.05) is 12.6 Å². The van der Waals surface area contributed by atoms with E-state index in [-0.39, 0.29) is 30.5 Å². The van der Waals surface area contributed by atoms with Crippen molar-refractivity contribution in [3.63, 3.8) is 0 Å². The molecule has 0 spiro atoms. The van der Waals surface area contributed by atoms with Crippen molar-refractivity contribution < 1.29 is 31.1 Å². The van der Waals surface area contributed by atoms with Crippen molar-refractivity contribution in [1.82, 2.24) is 0 Å². The van der Waals surface area contributed by atoms with Crippen LogP contribution in [0.2, 0.25) is 0 Å². The van der Waals surface area contributed by atoms with E-state index in [0.29, 0.717) is 11.8 Å². The minimum atomic E-state index is -4.67. The summed E-state index contributed by atoms with van der Waals surface area (Å²) in [7, 11) is -4.29. The van der Waals surface area contributed by atoms with Crippen LogP contribution in [0.5, 0.6) is 5.75 Å². The van der Waals surface area contributed by atoms with E-state index in [9.17, 15) is 26.4 Å². The fourth-order valence-electron chi connectivity index (χ4n) is 3.07. The molecule has 0 fully saturated rings. The summed E-state index contributed by atoms with van der Waals surface area (Å²) >= 11 is 0. The number of nitrogens with one attached hydrogen (secondary N) is 1. The first-order valence-electron chi connectivity index (χ1n) is 9.25.